The second-order valence-electron chi connectivity index (χ2n) is 9.29. The fourth-order valence-electron chi connectivity index (χ4n) is 5.33. The SMILES string of the molecule is CC(=O)Nc1nc(-c2cccc(NC(=O)[C@H]3C[C@H]4CC[C@@H]3N(C(=O)[C@@H]3CCC(=O)N3)C4)c2)cs1. The van der Waals surface area contributed by atoms with Crippen molar-refractivity contribution >= 4 is 45.8 Å². The molecule has 34 heavy (non-hydrogen) atoms. The Bertz CT molecular complexity index is 1150. The van der Waals surface area contributed by atoms with Crippen LogP contribution in [0.4, 0.5) is 10.8 Å². The lowest BCUT2D eigenvalue weighted by atomic mass is 9.72. The number of carbonyl (C=O) groups is 4. The molecule has 10 heteroatoms. The quantitative estimate of drug-likeness (QED) is 0.606. The van der Waals surface area contributed by atoms with Gasteiger partial charge in [0.15, 0.2) is 5.13 Å². The van der Waals surface area contributed by atoms with Crippen LogP contribution < -0.4 is 16.0 Å². The Morgan fingerprint density at radius 2 is 2.03 bits per heavy atom. The van der Waals surface area contributed by atoms with E-state index in [1.807, 2.05) is 34.5 Å². The molecule has 2 bridgehead atoms. The van der Waals surface area contributed by atoms with Gasteiger partial charge in [0.05, 0.1) is 11.6 Å². The zero-order valence-electron chi connectivity index (χ0n) is 18.9. The molecule has 1 saturated carbocycles. The molecule has 0 radical (unpaired) electrons. The minimum atomic E-state index is -0.465. The molecule has 1 aliphatic carbocycles. The number of carbonyl (C=O) groups excluding carboxylic acids is 4. The fraction of sp³-hybridized carbons (Fsp3) is 0.458. The maximum absolute atomic E-state index is 13.3. The van der Waals surface area contributed by atoms with Crippen LogP contribution in [-0.4, -0.2) is 52.1 Å². The number of fused-ring (bicyclic) bond motifs is 3. The van der Waals surface area contributed by atoms with Crippen molar-refractivity contribution in [2.45, 2.75) is 51.1 Å². The number of aromatic nitrogens is 1. The lowest BCUT2D eigenvalue weighted by molar-refractivity contribution is -0.147. The molecule has 3 N–H and O–H groups in total. The number of hydrogen-bond acceptors (Lipinski definition) is 6. The van der Waals surface area contributed by atoms with E-state index < -0.39 is 6.04 Å². The van der Waals surface area contributed by atoms with Gasteiger partial charge in [-0.1, -0.05) is 12.1 Å². The number of nitrogens with one attached hydrogen (secondary N) is 3. The van der Waals surface area contributed by atoms with Crippen molar-refractivity contribution in [3.8, 4) is 11.3 Å². The smallest absolute Gasteiger partial charge is 0.245 e. The minimum absolute atomic E-state index is 0.0569. The van der Waals surface area contributed by atoms with Gasteiger partial charge in [0, 0.05) is 42.6 Å². The van der Waals surface area contributed by atoms with Crippen molar-refractivity contribution in [3.05, 3.63) is 29.6 Å². The third-order valence-electron chi connectivity index (χ3n) is 6.90. The molecule has 3 saturated heterocycles. The summed E-state index contributed by atoms with van der Waals surface area (Å²) in [5.74, 6) is -0.376. The molecule has 1 aromatic heterocycles. The highest BCUT2D eigenvalue weighted by Crippen LogP contribution is 2.40. The monoisotopic (exact) mass is 481 g/mol. The fourth-order valence-corrected chi connectivity index (χ4v) is 6.10. The topological polar surface area (TPSA) is 120 Å². The first-order valence-corrected chi connectivity index (χ1v) is 12.5. The predicted molar refractivity (Wildman–Crippen MR) is 128 cm³/mol. The van der Waals surface area contributed by atoms with Crippen molar-refractivity contribution in [1.82, 2.24) is 15.2 Å². The Kier molecular flexibility index (Phi) is 6.07. The molecule has 4 amide bonds. The van der Waals surface area contributed by atoms with Crippen LogP contribution in [0.25, 0.3) is 11.3 Å². The van der Waals surface area contributed by atoms with E-state index in [0.29, 0.717) is 36.1 Å². The van der Waals surface area contributed by atoms with Crippen molar-refractivity contribution in [1.29, 1.82) is 0 Å². The summed E-state index contributed by atoms with van der Waals surface area (Å²) in [5, 5.41) is 10.9. The summed E-state index contributed by atoms with van der Waals surface area (Å²) in [4.78, 5) is 55.5. The Morgan fingerprint density at radius 3 is 2.76 bits per heavy atom. The molecule has 2 aromatic rings. The van der Waals surface area contributed by atoms with E-state index in [9.17, 15) is 19.2 Å². The van der Waals surface area contributed by atoms with Crippen LogP contribution >= 0.6 is 11.3 Å². The van der Waals surface area contributed by atoms with Crippen molar-refractivity contribution in [2.75, 3.05) is 17.2 Å². The van der Waals surface area contributed by atoms with Crippen molar-refractivity contribution < 1.29 is 19.2 Å². The van der Waals surface area contributed by atoms with E-state index in [4.69, 9.17) is 0 Å². The summed E-state index contributed by atoms with van der Waals surface area (Å²) in [6.07, 6.45) is 3.49. The van der Waals surface area contributed by atoms with E-state index in [-0.39, 0.29) is 35.6 Å². The lowest BCUT2D eigenvalue weighted by Crippen LogP contribution is -2.60. The zero-order valence-corrected chi connectivity index (χ0v) is 19.7. The van der Waals surface area contributed by atoms with E-state index >= 15 is 0 Å². The van der Waals surface area contributed by atoms with E-state index in [2.05, 4.69) is 20.9 Å². The Balaban J connectivity index is 1.28. The van der Waals surface area contributed by atoms with Crippen molar-refractivity contribution in [3.63, 3.8) is 0 Å². The molecule has 4 fully saturated rings. The van der Waals surface area contributed by atoms with E-state index in [0.717, 1.165) is 30.5 Å². The Hall–Kier alpha value is -3.27. The third kappa shape index (κ3) is 4.54. The number of piperidine rings is 2. The molecular formula is C24H27N5O4S. The number of nitrogens with zero attached hydrogens (tertiary/aromatic N) is 2. The first-order chi connectivity index (χ1) is 16.4. The molecule has 6 rings (SSSR count). The molecule has 3 aliphatic heterocycles. The van der Waals surface area contributed by atoms with Gasteiger partial charge in [-0.2, -0.15) is 0 Å². The highest BCUT2D eigenvalue weighted by molar-refractivity contribution is 7.14. The summed E-state index contributed by atoms with van der Waals surface area (Å²) < 4.78 is 0. The summed E-state index contributed by atoms with van der Waals surface area (Å²) in [6.45, 7) is 2.10. The number of anilines is 2. The molecule has 4 heterocycles. The second-order valence-corrected chi connectivity index (χ2v) is 10.1. The maximum Gasteiger partial charge on any atom is 0.245 e. The van der Waals surface area contributed by atoms with Crippen molar-refractivity contribution in [2.24, 2.45) is 11.8 Å². The minimum Gasteiger partial charge on any atom is -0.344 e. The van der Waals surface area contributed by atoms with Gasteiger partial charge >= 0.3 is 0 Å². The van der Waals surface area contributed by atoms with Gasteiger partial charge in [-0.05, 0) is 43.7 Å². The molecule has 0 spiro atoms. The molecule has 0 unspecified atom stereocenters. The molecule has 4 aliphatic rings. The zero-order chi connectivity index (χ0) is 23.8. The third-order valence-corrected chi connectivity index (χ3v) is 7.66. The Labute approximate surface area is 201 Å². The van der Waals surface area contributed by atoms with Crippen LogP contribution in [-0.2, 0) is 19.2 Å². The number of hydrogen-bond donors (Lipinski definition) is 3. The molecular weight excluding hydrogens is 454 g/mol. The van der Waals surface area contributed by atoms with Crippen LogP contribution in [0.2, 0.25) is 0 Å². The van der Waals surface area contributed by atoms with Gasteiger partial charge < -0.3 is 20.9 Å². The van der Waals surface area contributed by atoms with Gasteiger partial charge in [-0.25, -0.2) is 4.98 Å². The number of benzene rings is 1. The number of amides is 4. The molecule has 1 aromatic carbocycles. The first-order valence-electron chi connectivity index (χ1n) is 11.6. The molecule has 9 nitrogen and oxygen atoms in total. The number of thiazole rings is 1. The molecule has 4 atom stereocenters. The number of rotatable bonds is 5. The van der Waals surface area contributed by atoms with Gasteiger partial charge in [-0.15, -0.1) is 11.3 Å². The van der Waals surface area contributed by atoms with Crippen LogP contribution in [0.1, 0.15) is 39.0 Å². The normalized spacial score (nSPS) is 25.7. The van der Waals surface area contributed by atoms with Gasteiger partial charge in [0.25, 0.3) is 0 Å². The van der Waals surface area contributed by atoms with Gasteiger partial charge in [0.2, 0.25) is 23.6 Å². The van der Waals surface area contributed by atoms with E-state index in [1.165, 1.54) is 18.3 Å². The van der Waals surface area contributed by atoms with Crippen LogP contribution in [0.3, 0.4) is 0 Å². The highest BCUT2D eigenvalue weighted by atomic mass is 32.1. The average Bonchev–Trinajstić information content (AvgIpc) is 3.47. The maximum atomic E-state index is 13.3. The standard InChI is InChI=1S/C24H27N5O4S/c1-13(30)25-24-28-19(12-34-24)15-3-2-4-16(10-15)26-22(32)17-9-14-5-7-20(17)29(11-14)23(33)18-6-8-21(31)27-18/h2-4,10,12,14,17-18,20H,5-9,11H2,1H3,(H,26,32)(H,27,31)(H,25,28,30)/t14-,17+,18+,20+/m1/s1. The van der Waals surface area contributed by atoms with E-state index in [1.54, 1.807) is 0 Å². The highest BCUT2D eigenvalue weighted by Gasteiger charge is 2.47. The first kappa shape index (κ1) is 22.5. The largest absolute Gasteiger partial charge is 0.344 e. The summed E-state index contributed by atoms with van der Waals surface area (Å²) in [7, 11) is 0. The average molecular weight is 482 g/mol. The Morgan fingerprint density at radius 1 is 1.18 bits per heavy atom. The summed E-state index contributed by atoms with van der Waals surface area (Å²) >= 11 is 1.34. The molecule has 178 valence electrons. The van der Waals surface area contributed by atoms with Crippen LogP contribution in [0.5, 0.6) is 0 Å². The second kappa shape index (κ2) is 9.17. The summed E-state index contributed by atoms with van der Waals surface area (Å²) in [6, 6.07) is 6.85. The van der Waals surface area contributed by atoms with Gasteiger partial charge in [0.1, 0.15) is 6.04 Å². The lowest BCUT2D eigenvalue weighted by Gasteiger charge is -2.49. The van der Waals surface area contributed by atoms with Gasteiger partial charge in [-0.3, -0.25) is 19.2 Å². The van der Waals surface area contributed by atoms with Crippen LogP contribution in [0.15, 0.2) is 29.6 Å². The van der Waals surface area contributed by atoms with Crippen LogP contribution in [0, 0.1) is 11.8 Å². The summed E-state index contributed by atoms with van der Waals surface area (Å²) in [5.41, 5.74) is 2.22. The predicted octanol–water partition coefficient (Wildman–Crippen LogP) is 2.61.